The van der Waals surface area contributed by atoms with Gasteiger partial charge in [0.25, 0.3) is 0 Å². The minimum Gasteiger partial charge on any atom is -0.378 e. The molecule has 6 heteroatoms. The van der Waals surface area contributed by atoms with Gasteiger partial charge in [0.2, 0.25) is 0 Å². The van der Waals surface area contributed by atoms with Crippen LogP contribution in [0.4, 0.5) is 17.6 Å². The molecule has 2 aromatic rings. The molecule has 2 heterocycles. The molecular weight excluding hydrogens is 468 g/mol. The third kappa shape index (κ3) is 5.86. The van der Waals surface area contributed by atoms with E-state index >= 15 is 17.6 Å². The van der Waals surface area contributed by atoms with E-state index in [4.69, 9.17) is 9.47 Å². The van der Waals surface area contributed by atoms with Crippen molar-refractivity contribution in [3.8, 4) is 11.1 Å². The summed E-state index contributed by atoms with van der Waals surface area (Å²) in [5.41, 5.74) is -0.222. The highest BCUT2D eigenvalue weighted by Crippen LogP contribution is 2.39. The Balaban J connectivity index is 1.48. The maximum Gasteiger partial charge on any atom is 0.167 e. The fourth-order valence-electron chi connectivity index (χ4n) is 5.49. The smallest absolute Gasteiger partial charge is 0.167 e. The number of benzene rings is 2. The molecule has 0 radical (unpaired) electrons. The predicted molar refractivity (Wildman–Crippen MR) is 134 cm³/mol. The van der Waals surface area contributed by atoms with E-state index < -0.39 is 29.4 Å². The molecule has 0 aromatic heterocycles. The van der Waals surface area contributed by atoms with Crippen LogP contribution in [0.2, 0.25) is 0 Å². The Morgan fingerprint density at radius 3 is 2.06 bits per heavy atom. The lowest BCUT2D eigenvalue weighted by atomic mass is 9.88. The van der Waals surface area contributed by atoms with Gasteiger partial charge in [-0.3, -0.25) is 0 Å². The first-order valence-electron chi connectivity index (χ1n) is 13.2. The van der Waals surface area contributed by atoms with Crippen LogP contribution in [0.1, 0.15) is 88.4 Å². The van der Waals surface area contributed by atoms with Crippen molar-refractivity contribution in [3.05, 3.63) is 70.8 Å². The largest absolute Gasteiger partial charge is 0.378 e. The van der Waals surface area contributed by atoms with Crippen molar-refractivity contribution in [3.63, 3.8) is 0 Å². The van der Waals surface area contributed by atoms with E-state index in [-0.39, 0.29) is 34.3 Å². The standard InChI is InChI=1S/C30H36F4O2/c1-3-5-6-8-19-9-16-26(36-17-19)25-15-14-24(29(33)30(25)34)23-13-12-22(27(31)28(23)32)20-10-11-21(7-4-2)35-18-20/h3,5,12-15,19-21,26H,4,6-11,16-18H2,1-2H3/b5-3+. The Bertz CT molecular complexity index is 1050. The lowest BCUT2D eigenvalue weighted by molar-refractivity contribution is -0.0210. The van der Waals surface area contributed by atoms with E-state index in [0.717, 1.165) is 38.5 Å². The van der Waals surface area contributed by atoms with Crippen molar-refractivity contribution in [2.24, 2.45) is 5.92 Å². The van der Waals surface area contributed by atoms with Crippen LogP contribution in [0.25, 0.3) is 11.1 Å². The summed E-state index contributed by atoms with van der Waals surface area (Å²) >= 11 is 0. The van der Waals surface area contributed by atoms with E-state index in [1.165, 1.54) is 24.3 Å². The maximum atomic E-state index is 15.1. The summed E-state index contributed by atoms with van der Waals surface area (Å²) in [5.74, 6) is -4.27. The van der Waals surface area contributed by atoms with Gasteiger partial charge in [0.15, 0.2) is 23.3 Å². The first-order valence-corrected chi connectivity index (χ1v) is 13.2. The van der Waals surface area contributed by atoms with Gasteiger partial charge >= 0.3 is 0 Å². The minimum absolute atomic E-state index is 0.127. The van der Waals surface area contributed by atoms with Crippen molar-refractivity contribution >= 4 is 0 Å². The van der Waals surface area contributed by atoms with Crippen LogP contribution < -0.4 is 0 Å². The first kappa shape index (κ1) is 26.9. The number of rotatable bonds is 8. The number of allylic oxidation sites excluding steroid dienone is 2. The van der Waals surface area contributed by atoms with Crippen LogP contribution in [0.3, 0.4) is 0 Å². The zero-order valence-electron chi connectivity index (χ0n) is 21.2. The molecule has 0 amide bonds. The molecule has 2 aliphatic heterocycles. The first-order chi connectivity index (χ1) is 17.4. The molecule has 4 rings (SSSR count). The van der Waals surface area contributed by atoms with E-state index in [1.54, 1.807) is 0 Å². The van der Waals surface area contributed by atoms with Crippen molar-refractivity contribution < 1.29 is 27.0 Å². The highest BCUT2D eigenvalue weighted by molar-refractivity contribution is 5.66. The molecule has 2 aromatic carbocycles. The summed E-state index contributed by atoms with van der Waals surface area (Å²) in [5, 5.41) is 0. The Morgan fingerprint density at radius 1 is 0.778 bits per heavy atom. The fourth-order valence-corrected chi connectivity index (χ4v) is 5.49. The van der Waals surface area contributed by atoms with Gasteiger partial charge in [-0.15, -0.1) is 0 Å². The quantitative estimate of drug-likeness (QED) is 0.264. The number of hydrogen-bond acceptors (Lipinski definition) is 2. The normalized spacial score (nSPS) is 24.9. The summed E-state index contributed by atoms with van der Waals surface area (Å²) in [6, 6.07) is 5.58. The molecule has 0 N–H and O–H groups in total. The molecule has 0 saturated carbocycles. The second-order valence-electron chi connectivity index (χ2n) is 10.1. The molecule has 2 aliphatic rings. The van der Waals surface area contributed by atoms with Gasteiger partial charge in [-0.25, -0.2) is 17.6 Å². The van der Waals surface area contributed by atoms with Crippen molar-refractivity contribution in [2.75, 3.05) is 13.2 Å². The minimum atomic E-state index is -1.18. The topological polar surface area (TPSA) is 18.5 Å². The number of ether oxygens (including phenoxy) is 2. The highest BCUT2D eigenvalue weighted by Gasteiger charge is 2.30. The van der Waals surface area contributed by atoms with Gasteiger partial charge < -0.3 is 9.47 Å². The zero-order valence-corrected chi connectivity index (χ0v) is 21.2. The molecule has 36 heavy (non-hydrogen) atoms. The van der Waals surface area contributed by atoms with Crippen LogP contribution >= 0.6 is 0 Å². The Labute approximate surface area is 211 Å². The molecule has 2 saturated heterocycles. The third-order valence-electron chi connectivity index (χ3n) is 7.63. The molecule has 4 unspecified atom stereocenters. The van der Waals surface area contributed by atoms with Crippen LogP contribution in [-0.4, -0.2) is 19.3 Å². The third-order valence-corrected chi connectivity index (χ3v) is 7.63. The molecule has 196 valence electrons. The Hall–Kier alpha value is -2.18. The summed E-state index contributed by atoms with van der Waals surface area (Å²) < 4.78 is 72.0. The van der Waals surface area contributed by atoms with Gasteiger partial charge in [0, 0.05) is 22.6 Å². The van der Waals surface area contributed by atoms with Crippen LogP contribution in [0.5, 0.6) is 0 Å². The average molecular weight is 505 g/mol. The Morgan fingerprint density at radius 2 is 1.47 bits per heavy atom. The SMILES string of the molecule is C/C=C/CCC1CCC(c2ccc(-c3ccc(C4CCC(CCC)OC4)c(F)c3F)c(F)c2F)OC1. The summed E-state index contributed by atoms with van der Waals surface area (Å²) in [6.45, 7) is 4.89. The summed E-state index contributed by atoms with van der Waals surface area (Å²) in [6.07, 6.45) is 10.6. The van der Waals surface area contributed by atoms with Crippen LogP contribution in [0, 0.1) is 29.2 Å². The lowest BCUT2D eigenvalue weighted by Gasteiger charge is -2.30. The summed E-state index contributed by atoms with van der Waals surface area (Å²) in [4.78, 5) is 0. The van der Waals surface area contributed by atoms with E-state index in [2.05, 4.69) is 13.0 Å². The molecule has 0 bridgehead atoms. The van der Waals surface area contributed by atoms with Gasteiger partial charge in [0.05, 0.1) is 25.4 Å². The predicted octanol–water partition coefficient (Wildman–Crippen LogP) is 8.80. The lowest BCUT2D eigenvalue weighted by Crippen LogP contribution is -2.25. The van der Waals surface area contributed by atoms with Crippen LogP contribution in [0.15, 0.2) is 36.4 Å². The Kier molecular flexibility index (Phi) is 9.24. The molecule has 2 nitrogen and oxygen atoms in total. The van der Waals surface area contributed by atoms with Crippen LogP contribution in [-0.2, 0) is 9.47 Å². The highest BCUT2D eigenvalue weighted by atomic mass is 19.2. The van der Waals surface area contributed by atoms with Crippen molar-refractivity contribution in [2.45, 2.75) is 83.3 Å². The van der Waals surface area contributed by atoms with Crippen molar-refractivity contribution in [1.29, 1.82) is 0 Å². The zero-order chi connectivity index (χ0) is 25.7. The average Bonchev–Trinajstić information content (AvgIpc) is 2.89. The molecular formula is C30H36F4O2. The van der Waals surface area contributed by atoms with E-state index in [9.17, 15) is 0 Å². The van der Waals surface area contributed by atoms with Gasteiger partial charge in [0.1, 0.15) is 0 Å². The van der Waals surface area contributed by atoms with Gasteiger partial charge in [-0.2, -0.15) is 0 Å². The fraction of sp³-hybridized carbons (Fsp3) is 0.533. The molecule has 0 aliphatic carbocycles. The van der Waals surface area contributed by atoms with Crippen molar-refractivity contribution in [1.82, 2.24) is 0 Å². The maximum absolute atomic E-state index is 15.1. The number of hydrogen-bond donors (Lipinski definition) is 0. The molecule has 4 atom stereocenters. The molecule has 2 fully saturated rings. The van der Waals surface area contributed by atoms with Gasteiger partial charge in [-0.05, 0) is 63.4 Å². The second kappa shape index (κ2) is 12.4. The van der Waals surface area contributed by atoms with E-state index in [0.29, 0.717) is 32.0 Å². The molecule has 0 spiro atoms. The van der Waals surface area contributed by atoms with Gasteiger partial charge in [-0.1, -0.05) is 49.8 Å². The van der Waals surface area contributed by atoms with E-state index in [1.807, 2.05) is 13.0 Å². The monoisotopic (exact) mass is 504 g/mol. The number of halogens is 4. The summed E-state index contributed by atoms with van der Waals surface area (Å²) in [7, 11) is 0. The second-order valence-corrected chi connectivity index (χ2v) is 10.1.